The molecular formula is C26H34N2O5S. The van der Waals surface area contributed by atoms with Gasteiger partial charge in [-0.15, -0.1) is 0 Å². The van der Waals surface area contributed by atoms with E-state index < -0.39 is 22.2 Å². The van der Waals surface area contributed by atoms with Crippen molar-refractivity contribution in [3.05, 3.63) is 66.2 Å². The van der Waals surface area contributed by atoms with E-state index >= 15 is 0 Å². The quantitative estimate of drug-likeness (QED) is 0.598. The lowest BCUT2D eigenvalue weighted by Gasteiger charge is -2.37. The van der Waals surface area contributed by atoms with Crippen LogP contribution < -0.4 is 4.72 Å². The molecule has 0 unspecified atom stereocenters. The molecule has 8 heteroatoms. The highest BCUT2D eigenvalue weighted by molar-refractivity contribution is 7.89. The number of rotatable bonds is 8. The number of aliphatic hydroxyl groups is 1. The van der Waals surface area contributed by atoms with Crippen molar-refractivity contribution < 1.29 is 23.1 Å². The third-order valence-electron chi connectivity index (χ3n) is 6.89. The summed E-state index contributed by atoms with van der Waals surface area (Å²) in [5, 5.41) is 9.82. The second kappa shape index (κ2) is 11.4. The van der Waals surface area contributed by atoms with Crippen molar-refractivity contribution in [2.45, 2.75) is 61.7 Å². The fourth-order valence-corrected chi connectivity index (χ4v) is 6.26. The van der Waals surface area contributed by atoms with Gasteiger partial charge in [-0.3, -0.25) is 4.79 Å². The van der Waals surface area contributed by atoms with Crippen LogP contribution >= 0.6 is 0 Å². The molecule has 2 saturated heterocycles. The second-order valence-electron chi connectivity index (χ2n) is 9.32. The summed E-state index contributed by atoms with van der Waals surface area (Å²) in [7, 11) is -3.70. The number of amides is 1. The molecular weight excluding hydrogens is 452 g/mol. The zero-order valence-corrected chi connectivity index (χ0v) is 20.2. The molecule has 2 aliphatic heterocycles. The maximum absolute atomic E-state index is 12.9. The number of piperidine rings is 1. The number of carbonyl (C=O) groups excluding carboxylic acids is 1. The Hall–Kier alpha value is -2.26. The molecule has 2 fully saturated rings. The van der Waals surface area contributed by atoms with Gasteiger partial charge in [0.05, 0.1) is 36.2 Å². The molecule has 0 aliphatic carbocycles. The summed E-state index contributed by atoms with van der Waals surface area (Å²) in [6.07, 6.45) is 3.38. The number of nitrogens with zero attached hydrogens (tertiary/aromatic N) is 1. The van der Waals surface area contributed by atoms with Crippen LogP contribution in [0.4, 0.5) is 0 Å². The SMILES string of the molecule is O=C(C[C@@H]1CC[C@H](NS(=O)(=O)c2ccccc2)[C@H](CO)O1)N1CCC(Cc2ccccc2)CC1. The van der Waals surface area contributed by atoms with E-state index in [9.17, 15) is 18.3 Å². The second-order valence-corrected chi connectivity index (χ2v) is 11.0. The van der Waals surface area contributed by atoms with E-state index in [-0.39, 0.29) is 29.9 Å². The lowest BCUT2D eigenvalue weighted by molar-refractivity contribution is -0.141. The van der Waals surface area contributed by atoms with Crippen LogP contribution in [0.25, 0.3) is 0 Å². The Morgan fingerprint density at radius 3 is 2.26 bits per heavy atom. The van der Waals surface area contributed by atoms with Gasteiger partial charge in [0.1, 0.15) is 0 Å². The molecule has 2 N–H and O–H groups in total. The average Bonchev–Trinajstić information content (AvgIpc) is 2.86. The smallest absolute Gasteiger partial charge is 0.240 e. The van der Waals surface area contributed by atoms with E-state index in [0.717, 1.165) is 32.4 Å². The van der Waals surface area contributed by atoms with Crippen molar-refractivity contribution in [3.63, 3.8) is 0 Å². The van der Waals surface area contributed by atoms with Crippen LogP contribution in [0, 0.1) is 5.92 Å². The van der Waals surface area contributed by atoms with Crippen LogP contribution in [0.15, 0.2) is 65.6 Å². The first-order valence-electron chi connectivity index (χ1n) is 12.1. The fourth-order valence-electron chi connectivity index (χ4n) is 4.94. The Balaban J connectivity index is 1.25. The molecule has 2 aliphatic rings. The first-order chi connectivity index (χ1) is 16.4. The summed E-state index contributed by atoms with van der Waals surface area (Å²) >= 11 is 0. The zero-order valence-electron chi connectivity index (χ0n) is 19.4. The minimum Gasteiger partial charge on any atom is -0.394 e. The highest BCUT2D eigenvalue weighted by Crippen LogP contribution is 2.26. The largest absolute Gasteiger partial charge is 0.394 e. The molecule has 184 valence electrons. The van der Waals surface area contributed by atoms with Gasteiger partial charge in [0.15, 0.2) is 0 Å². The third-order valence-corrected chi connectivity index (χ3v) is 8.40. The molecule has 0 spiro atoms. The molecule has 3 atom stereocenters. The van der Waals surface area contributed by atoms with Crippen LogP contribution in [-0.4, -0.2) is 62.3 Å². The van der Waals surface area contributed by atoms with Gasteiger partial charge in [0, 0.05) is 13.1 Å². The van der Waals surface area contributed by atoms with Crippen LogP contribution in [0.2, 0.25) is 0 Å². The normalized spacial score (nSPS) is 24.1. The third kappa shape index (κ3) is 6.44. The number of hydrogen-bond acceptors (Lipinski definition) is 5. The predicted molar refractivity (Wildman–Crippen MR) is 130 cm³/mol. The molecule has 1 amide bonds. The lowest BCUT2D eigenvalue weighted by atomic mass is 9.90. The maximum Gasteiger partial charge on any atom is 0.240 e. The first kappa shape index (κ1) is 24.9. The highest BCUT2D eigenvalue weighted by atomic mass is 32.2. The number of benzene rings is 2. The van der Waals surface area contributed by atoms with Crippen LogP contribution in [0.1, 0.15) is 37.7 Å². The maximum atomic E-state index is 12.9. The summed E-state index contributed by atoms with van der Waals surface area (Å²) in [5.41, 5.74) is 1.34. The predicted octanol–water partition coefficient (Wildman–Crippen LogP) is 2.74. The van der Waals surface area contributed by atoms with Gasteiger partial charge in [-0.2, -0.15) is 0 Å². The van der Waals surface area contributed by atoms with Gasteiger partial charge in [-0.05, 0) is 55.7 Å². The van der Waals surface area contributed by atoms with Crippen molar-refractivity contribution in [2.75, 3.05) is 19.7 Å². The van der Waals surface area contributed by atoms with E-state index in [4.69, 9.17) is 4.74 Å². The molecule has 0 aromatic heterocycles. The number of nitrogens with one attached hydrogen (secondary N) is 1. The molecule has 4 rings (SSSR count). The van der Waals surface area contributed by atoms with Gasteiger partial charge in [-0.1, -0.05) is 48.5 Å². The minimum atomic E-state index is -3.70. The Kier molecular flexibility index (Phi) is 8.37. The van der Waals surface area contributed by atoms with E-state index in [1.165, 1.54) is 17.7 Å². The van der Waals surface area contributed by atoms with Crippen molar-refractivity contribution >= 4 is 15.9 Å². The average molecular weight is 487 g/mol. The standard InChI is InChI=1S/C26H34N2O5S/c29-19-25-24(27-34(31,32)23-9-5-2-6-10-23)12-11-22(33-25)18-26(30)28-15-13-21(14-16-28)17-20-7-3-1-4-8-20/h1-10,21-22,24-25,27,29H,11-19H2/t22-,24-,25-/m0/s1. The summed E-state index contributed by atoms with van der Waals surface area (Å²) in [6, 6.07) is 18.1. The Bertz CT molecular complexity index is 1020. The van der Waals surface area contributed by atoms with Gasteiger partial charge < -0.3 is 14.7 Å². The monoisotopic (exact) mass is 486 g/mol. The number of hydrogen-bond donors (Lipinski definition) is 2. The van der Waals surface area contributed by atoms with Crippen molar-refractivity contribution in [1.29, 1.82) is 0 Å². The Labute approximate surface area is 202 Å². The molecule has 0 bridgehead atoms. The zero-order chi connectivity index (χ0) is 24.0. The Morgan fingerprint density at radius 2 is 1.62 bits per heavy atom. The number of ether oxygens (including phenoxy) is 1. The van der Waals surface area contributed by atoms with E-state index in [0.29, 0.717) is 18.8 Å². The first-order valence-corrected chi connectivity index (χ1v) is 13.6. The molecule has 7 nitrogen and oxygen atoms in total. The number of sulfonamides is 1. The summed E-state index contributed by atoms with van der Waals surface area (Å²) in [6.45, 7) is 1.20. The van der Waals surface area contributed by atoms with Crippen molar-refractivity contribution in [2.24, 2.45) is 5.92 Å². The highest BCUT2D eigenvalue weighted by Gasteiger charge is 2.35. The van der Waals surface area contributed by atoms with E-state index in [1.54, 1.807) is 18.2 Å². The van der Waals surface area contributed by atoms with Crippen LogP contribution in [-0.2, 0) is 26.0 Å². The van der Waals surface area contributed by atoms with Crippen molar-refractivity contribution in [1.82, 2.24) is 9.62 Å². The fraction of sp³-hybridized carbons (Fsp3) is 0.500. The molecule has 2 aromatic rings. The molecule has 34 heavy (non-hydrogen) atoms. The molecule has 2 heterocycles. The van der Waals surface area contributed by atoms with Gasteiger partial charge in [-0.25, -0.2) is 13.1 Å². The lowest BCUT2D eigenvalue weighted by Crippen LogP contribution is -2.51. The minimum absolute atomic E-state index is 0.0724. The van der Waals surface area contributed by atoms with E-state index in [1.807, 2.05) is 11.0 Å². The molecule has 0 saturated carbocycles. The number of likely N-dealkylation sites (tertiary alicyclic amines) is 1. The van der Waals surface area contributed by atoms with E-state index in [2.05, 4.69) is 29.0 Å². The molecule has 0 radical (unpaired) electrons. The number of aliphatic hydroxyl groups excluding tert-OH is 1. The van der Waals surface area contributed by atoms with Gasteiger partial charge >= 0.3 is 0 Å². The van der Waals surface area contributed by atoms with Gasteiger partial charge in [0.25, 0.3) is 0 Å². The van der Waals surface area contributed by atoms with Crippen LogP contribution in [0.3, 0.4) is 0 Å². The summed E-state index contributed by atoms with van der Waals surface area (Å²) in [4.78, 5) is 15.0. The topological polar surface area (TPSA) is 95.9 Å². The summed E-state index contributed by atoms with van der Waals surface area (Å²) in [5.74, 6) is 0.665. The summed E-state index contributed by atoms with van der Waals surface area (Å²) < 4.78 is 34.0. The molecule has 2 aromatic carbocycles. The Morgan fingerprint density at radius 1 is 0.971 bits per heavy atom. The van der Waals surface area contributed by atoms with Crippen LogP contribution in [0.5, 0.6) is 0 Å². The van der Waals surface area contributed by atoms with Gasteiger partial charge in [0.2, 0.25) is 15.9 Å². The van der Waals surface area contributed by atoms with Crippen molar-refractivity contribution in [3.8, 4) is 0 Å². The number of carbonyl (C=O) groups is 1.